The Labute approximate surface area is 205 Å². The minimum Gasteiger partial charge on any atom is -0.397 e. The summed E-state index contributed by atoms with van der Waals surface area (Å²) in [7, 11) is 0. The van der Waals surface area contributed by atoms with Crippen molar-refractivity contribution >= 4 is 22.8 Å². The van der Waals surface area contributed by atoms with E-state index in [2.05, 4.69) is 70.8 Å². The number of rotatable bonds is 5. The van der Waals surface area contributed by atoms with Gasteiger partial charge < -0.3 is 21.4 Å². The summed E-state index contributed by atoms with van der Waals surface area (Å²) in [5.74, 6) is 0. The zero-order chi connectivity index (χ0) is 26.2. The summed E-state index contributed by atoms with van der Waals surface area (Å²) in [4.78, 5) is 5.03. The predicted molar refractivity (Wildman–Crippen MR) is 139 cm³/mol. The summed E-state index contributed by atoms with van der Waals surface area (Å²) in [5.41, 5.74) is 16.5. The number of H-pyrrole nitrogens is 1. The number of aromatic amines is 1. The number of hydrogen-bond acceptors (Lipinski definition) is 3. The lowest BCUT2D eigenvalue weighted by atomic mass is 9.86. The van der Waals surface area contributed by atoms with E-state index in [4.69, 9.17) is 11.5 Å². The third kappa shape index (κ3) is 6.28. The van der Waals surface area contributed by atoms with E-state index in [1.165, 1.54) is 11.1 Å². The Kier molecular flexibility index (Phi) is 7.14. The molecule has 0 spiro atoms. The average Bonchev–Trinajstić information content (AvgIpc) is 3.22. The Hall–Kier alpha value is -3.19. The second-order valence-electron chi connectivity index (χ2n) is 10.9. The SMILES string of the molecule is CC(C)(C)c1ccc(N(c2ccc(C(C)(C)C)cc2)c2c[nH]c(/C(N)=C/C(N)C(F)(F)F)c2)cc1. The molecule has 1 atom stereocenters. The van der Waals surface area contributed by atoms with Crippen molar-refractivity contribution in [2.45, 2.75) is 64.6 Å². The van der Waals surface area contributed by atoms with Crippen LogP contribution in [0.25, 0.3) is 5.70 Å². The minimum atomic E-state index is -4.56. The number of nitrogens with one attached hydrogen (secondary N) is 1. The van der Waals surface area contributed by atoms with Crippen molar-refractivity contribution in [2.75, 3.05) is 4.90 Å². The maximum absolute atomic E-state index is 12.9. The first-order chi connectivity index (χ1) is 16.1. The van der Waals surface area contributed by atoms with Crippen molar-refractivity contribution < 1.29 is 13.2 Å². The van der Waals surface area contributed by atoms with Crippen molar-refractivity contribution in [1.82, 2.24) is 4.98 Å². The zero-order valence-corrected chi connectivity index (χ0v) is 21.2. The number of hydrogen-bond donors (Lipinski definition) is 3. The van der Waals surface area contributed by atoms with Crippen LogP contribution < -0.4 is 16.4 Å². The van der Waals surface area contributed by atoms with E-state index in [9.17, 15) is 13.2 Å². The van der Waals surface area contributed by atoms with E-state index >= 15 is 0 Å². The van der Waals surface area contributed by atoms with Gasteiger partial charge in [-0.15, -0.1) is 0 Å². The molecular weight excluding hydrogens is 449 g/mol. The first kappa shape index (κ1) is 26.4. The molecule has 35 heavy (non-hydrogen) atoms. The Morgan fingerprint density at radius 1 is 0.800 bits per heavy atom. The molecule has 0 fully saturated rings. The number of benzene rings is 2. The van der Waals surface area contributed by atoms with Gasteiger partial charge in [-0.25, -0.2) is 0 Å². The monoisotopic (exact) mass is 484 g/mol. The molecule has 3 aromatic rings. The number of nitrogens with two attached hydrogens (primary N) is 2. The van der Waals surface area contributed by atoms with E-state index < -0.39 is 12.2 Å². The van der Waals surface area contributed by atoms with Gasteiger partial charge in [0.15, 0.2) is 0 Å². The standard InChI is InChI=1S/C28H35F3N4/c1-26(2,3)18-7-11-20(12-8-18)35(21-13-9-19(10-14-21)27(4,5)6)22-15-24(34-17-22)23(32)16-25(33)28(29,30)31/h7-17,25,34H,32-33H2,1-6H3/b23-16-. The summed E-state index contributed by atoms with van der Waals surface area (Å²) >= 11 is 0. The average molecular weight is 485 g/mol. The van der Waals surface area contributed by atoms with E-state index in [-0.39, 0.29) is 16.5 Å². The van der Waals surface area contributed by atoms with Crippen LogP contribution in [0.2, 0.25) is 0 Å². The second-order valence-corrected chi connectivity index (χ2v) is 10.9. The molecular formula is C28H35F3N4. The fraction of sp³-hybridized carbons (Fsp3) is 0.357. The molecule has 0 aliphatic heterocycles. The largest absolute Gasteiger partial charge is 0.407 e. The zero-order valence-electron chi connectivity index (χ0n) is 21.2. The van der Waals surface area contributed by atoms with Crippen molar-refractivity contribution in [3.05, 3.63) is 83.7 Å². The van der Waals surface area contributed by atoms with Gasteiger partial charge in [0.05, 0.1) is 17.1 Å². The van der Waals surface area contributed by atoms with Gasteiger partial charge in [0.2, 0.25) is 0 Å². The van der Waals surface area contributed by atoms with Gasteiger partial charge in [-0.05, 0) is 58.4 Å². The van der Waals surface area contributed by atoms with Gasteiger partial charge in [-0.3, -0.25) is 0 Å². The molecule has 188 valence electrons. The van der Waals surface area contributed by atoms with Crippen LogP contribution in [0.15, 0.2) is 66.9 Å². The van der Waals surface area contributed by atoms with Gasteiger partial charge in [-0.1, -0.05) is 65.8 Å². The van der Waals surface area contributed by atoms with Crippen LogP contribution in [-0.4, -0.2) is 17.2 Å². The number of anilines is 3. The molecule has 0 amide bonds. The van der Waals surface area contributed by atoms with Gasteiger partial charge in [0, 0.05) is 17.6 Å². The fourth-order valence-electron chi connectivity index (χ4n) is 3.72. The third-order valence-corrected chi connectivity index (χ3v) is 5.96. The minimum absolute atomic E-state index is 0.00939. The molecule has 4 nitrogen and oxygen atoms in total. The molecule has 0 bridgehead atoms. The Morgan fingerprint density at radius 3 is 1.60 bits per heavy atom. The maximum atomic E-state index is 12.9. The predicted octanol–water partition coefficient (Wildman–Crippen LogP) is 7.27. The fourth-order valence-corrected chi connectivity index (χ4v) is 3.72. The molecule has 1 unspecified atom stereocenters. The first-order valence-corrected chi connectivity index (χ1v) is 11.6. The van der Waals surface area contributed by atoms with Crippen LogP contribution in [0.4, 0.5) is 30.2 Å². The smallest absolute Gasteiger partial charge is 0.397 e. The lowest BCUT2D eigenvalue weighted by molar-refractivity contribution is -0.136. The topological polar surface area (TPSA) is 71.1 Å². The van der Waals surface area contributed by atoms with Gasteiger partial charge in [0.25, 0.3) is 0 Å². The van der Waals surface area contributed by atoms with E-state index in [1.807, 2.05) is 29.2 Å². The van der Waals surface area contributed by atoms with Crippen LogP contribution in [0.5, 0.6) is 0 Å². The number of aromatic nitrogens is 1. The molecule has 0 saturated carbocycles. The third-order valence-electron chi connectivity index (χ3n) is 5.96. The second kappa shape index (κ2) is 9.46. The Bertz CT molecular complexity index is 1100. The summed E-state index contributed by atoms with van der Waals surface area (Å²) < 4.78 is 38.7. The molecule has 5 N–H and O–H groups in total. The molecule has 0 aliphatic rings. The summed E-state index contributed by atoms with van der Waals surface area (Å²) in [6.07, 6.45) is -2.02. The van der Waals surface area contributed by atoms with Crippen LogP contribution in [-0.2, 0) is 10.8 Å². The lowest BCUT2D eigenvalue weighted by Gasteiger charge is -2.27. The summed E-state index contributed by atoms with van der Waals surface area (Å²) in [6, 6.07) is 16.1. The lowest BCUT2D eigenvalue weighted by Crippen LogP contribution is -2.35. The van der Waals surface area contributed by atoms with Gasteiger partial charge in [0.1, 0.15) is 6.04 Å². The highest BCUT2D eigenvalue weighted by atomic mass is 19.4. The van der Waals surface area contributed by atoms with Crippen LogP contribution in [0, 0.1) is 0 Å². The van der Waals surface area contributed by atoms with E-state index in [0.717, 1.165) is 23.1 Å². The molecule has 2 aromatic carbocycles. The van der Waals surface area contributed by atoms with Crippen LogP contribution in [0.3, 0.4) is 0 Å². The highest BCUT2D eigenvalue weighted by molar-refractivity contribution is 5.78. The van der Waals surface area contributed by atoms with Crippen LogP contribution in [0.1, 0.15) is 58.4 Å². The van der Waals surface area contributed by atoms with E-state index in [1.54, 1.807) is 12.3 Å². The van der Waals surface area contributed by atoms with Gasteiger partial charge in [-0.2, -0.15) is 13.2 Å². The van der Waals surface area contributed by atoms with Crippen molar-refractivity contribution in [3.63, 3.8) is 0 Å². The Balaban J connectivity index is 2.05. The van der Waals surface area contributed by atoms with Crippen LogP contribution >= 0.6 is 0 Å². The molecule has 3 rings (SSSR count). The summed E-state index contributed by atoms with van der Waals surface area (Å²) in [6.45, 7) is 12.9. The number of alkyl halides is 3. The number of halogens is 3. The summed E-state index contributed by atoms with van der Waals surface area (Å²) in [5, 5.41) is 0. The first-order valence-electron chi connectivity index (χ1n) is 11.6. The molecule has 0 aliphatic carbocycles. The van der Waals surface area contributed by atoms with E-state index in [0.29, 0.717) is 5.69 Å². The molecule has 1 aromatic heterocycles. The highest BCUT2D eigenvalue weighted by Crippen LogP contribution is 2.37. The Morgan fingerprint density at radius 2 is 1.23 bits per heavy atom. The molecule has 0 saturated heterocycles. The maximum Gasteiger partial charge on any atom is 0.407 e. The van der Waals surface area contributed by atoms with Crippen molar-refractivity contribution in [2.24, 2.45) is 11.5 Å². The number of nitrogens with zero attached hydrogens (tertiary/aromatic N) is 1. The quantitative estimate of drug-likeness (QED) is 0.357. The molecule has 7 heteroatoms. The molecule has 0 radical (unpaired) electrons. The van der Waals surface area contributed by atoms with Crippen molar-refractivity contribution in [3.8, 4) is 0 Å². The molecule has 1 heterocycles. The van der Waals surface area contributed by atoms with Gasteiger partial charge >= 0.3 is 6.18 Å². The normalized spacial score (nSPS) is 14.2. The highest BCUT2D eigenvalue weighted by Gasteiger charge is 2.35. The van der Waals surface area contributed by atoms with Crippen molar-refractivity contribution in [1.29, 1.82) is 0 Å².